The summed E-state index contributed by atoms with van der Waals surface area (Å²) in [6.07, 6.45) is 7.61. The Kier molecular flexibility index (Phi) is 7.19. The van der Waals surface area contributed by atoms with Gasteiger partial charge < -0.3 is 5.32 Å². The van der Waals surface area contributed by atoms with E-state index < -0.39 is 4.92 Å². The van der Waals surface area contributed by atoms with Crippen molar-refractivity contribution in [1.82, 2.24) is 9.55 Å². The summed E-state index contributed by atoms with van der Waals surface area (Å²) < 4.78 is 1.67. The summed E-state index contributed by atoms with van der Waals surface area (Å²) in [5, 5.41) is 14.6. The molecule has 8 nitrogen and oxygen atoms in total. The highest BCUT2D eigenvalue weighted by Gasteiger charge is 2.15. The van der Waals surface area contributed by atoms with E-state index in [0.717, 1.165) is 19.3 Å². The van der Waals surface area contributed by atoms with Crippen LogP contribution in [0.5, 0.6) is 0 Å². The van der Waals surface area contributed by atoms with Gasteiger partial charge >= 0.3 is 0 Å². The van der Waals surface area contributed by atoms with E-state index >= 15 is 0 Å². The van der Waals surface area contributed by atoms with Crippen LogP contribution >= 0.6 is 11.8 Å². The third-order valence-electron chi connectivity index (χ3n) is 5.56. The lowest BCUT2D eigenvalue weighted by Crippen LogP contribution is -2.24. The van der Waals surface area contributed by atoms with Gasteiger partial charge in [0.15, 0.2) is 5.16 Å². The molecule has 0 saturated carbocycles. The predicted octanol–water partition coefficient (Wildman–Crippen LogP) is 4.93. The third kappa shape index (κ3) is 5.67. The lowest BCUT2D eigenvalue weighted by atomic mass is 9.97. The van der Waals surface area contributed by atoms with Crippen molar-refractivity contribution in [3.63, 3.8) is 0 Å². The van der Waals surface area contributed by atoms with E-state index in [0.29, 0.717) is 28.3 Å². The van der Waals surface area contributed by atoms with Crippen LogP contribution in [0.4, 0.5) is 11.4 Å². The number of thioether (sulfide) groups is 1. The first kappa shape index (κ1) is 22.7. The maximum atomic E-state index is 13.2. The number of hydrogen-bond donors (Lipinski definition) is 1. The lowest BCUT2D eigenvalue weighted by molar-refractivity contribution is -0.384. The summed E-state index contributed by atoms with van der Waals surface area (Å²) in [5.74, 6) is -0.220. The van der Waals surface area contributed by atoms with Gasteiger partial charge in [-0.1, -0.05) is 35.5 Å². The fraction of sp³-hybridized carbons (Fsp3) is 0.292. The summed E-state index contributed by atoms with van der Waals surface area (Å²) >= 11 is 1.21. The van der Waals surface area contributed by atoms with E-state index in [1.54, 1.807) is 16.7 Å². The highest BCUT2D eigenvalue weighted by atomic mass is 32.2. The van der Waals surface area contributed by atoms with Crippen molar-refractivity contribution >= 4 is 39.9 Å². The number of carbonyl (C=O) groups excluding carboxylic acids is 1. The van der Waals surface area contributed by atoms with Crippen molar-refractivity contribution in [1.29, 1.82) is 0 Å². The molecule has 1 aromatic heterocycles. The maximum absolute atomic E-state index is 13.2. The number of aromatic nitrogens is 2. The molecule has 1 amide bonds. The van der Waals surface area contributed by atoms with E-state index in [2.05, 4.69) is 16.4 Å². The molecule has 0 saturated heterocycles. The Morgan fingerprint density at radius 3 is 2.67 bits per heavy atom. The van der Waals surface area contributed by atoms with E-state index in [-0.39, 0.29) is 22.9 Å². The highest BCUT2D eigenvalue weighted by molar-refractivity contribution is 7.99. The van der Waals surface area contributed by atoms with Crippen LogP contribution in [0.1, 0.15) is 32.1 Å². The number of nitrogens with one attached hydrogen (secondary N) is 1. The first-order valence-corrected chi connectivity index (χ1v) is 11.8. The van der Waals surface area contributed by atoms with Crippen molar-refractivity contribution in [3.05, 3.63) is 80.6 Å². The Morgan fingerprint density at radius 2 is 1.94 bits per heavy atom. The van der Waals surface area contributed by atoms with Crippen molar-refractivity contribution in [2.45, 2.75) is 43.8 Å². The van der Waals surface area contributed by atoms with E-state index in [9.17, 15) is 19.7 Å². The van der Waals surface area contributed by atoms with Gasteiger partial charge in [0.2, 0.25) is 5.91 Å². The second-order valence-electron chi connectivity index (χ2n) is 7.87. The van der Waals surface area contributed by atoms with Gasteiger partial charge in [-0.2, -0.15) is 0 Å². The summed E-state index contributed by atoms with van der Waals surface area (Å²) in [5.41, 5.74) is 2.30. The molecule has 1 aliphatic rings. The monoisotopic (exact) mass is 464 g/mol. The molecule has 0 aliphatic heterocycles. The molecule has 1 aliphatic carbocycles. The van der Waals surface area contributed by atoms with Crippen molar-refractivity contribution in [2.24, 2.45) is 0 Å². The molecule has 1 N–H and O–H groups in total. The van der Waals surface area contributed by atoms with E-state index in [1.165, 1.54) is 54.4 Å². The van der Waals surface area contributed by atoms with Crippen LogP contribution in [0.25, 0.3) is 10.9 Å². The summed E-state index contributed by atoms with van der Waals surface area (Å²) in [6.45, 7) is 0.523. The quantitative estimate of drug-likeness (QED) is 0.167. The first-order valence-electron chi connectivity index (χ1n) is 10.9. The molecule has 170 valence electrons. The van der Waals surface area contributed by atoms with Gasteiger partial charge in [-0.15, -0.1) is 0 Å². The van der Waals surface area contributed by atoms with Gasteiger partial charge in [-0.25, -0.2) is 4.98 Å². The van der Waals surface area contributed by atoms with E-state index in [1.807, 2.05) is 12.1 Å². The fourth-order valence-electron chi connectivity index (χ4n) is 3.84. The maximum Gasteiger partial charge on any atom is 0.269 e. The Labute approximate surface area is 194 Å². The number of benzene rings is 2. The molecule has 0 spiro atoms. The number of hydrogen-bond acceptors (Lipinski definition) is 6. The minimum absolute atomic E-state index is 0.0418. The zero-order valence-corrected chi connectivity index (χ0v) is 18.8. The van der Waals surface area contributed by atoms with Gasteiger partial charge in [0.25, 0.3) is 11.2 Å². The number of nitro groups is 1. The number of non-ortho nitro benzene ring substituents is 1. The van der Waals surface area contributed by atoms with Crippen LogP contribution in [-0.4, -0.2) is 26.1 Å². The smallest absolute Gasteiger partial charge is 0.269 e. The van der Waals surface area contributed by atoms with Crippen LogP contribution in [0.15, 0.2) is 70.1 Å². The number of nitro benzene ring substituents is 1. The van der Waals surface area contributed by atoms with Crippen LogP contribution < -0.4 is 10.9 Å². The normalized spacial score (nSPS) is 13.5. The van der Waals surface area contributed by atoms with Crippen LogP contribution in [0.2, 0.25) is 0 Å². The topological polar surface area (TPSA) is 107 Å². The minimum Gasteiger partial charge on any atom is -0.325 e. The summed E-state index contributed by atoms with van der Waals surface area (Å²) in [7, 11) is 0. The average molecular weight is 465 g/mol. The van der Waals surface area contributed by atoms with Crippen molar-refractivity contribution < 1.29 is 9.72 Å². The highest BCUT2D eigenvalue weighted by Crippen LogP contribution is 2.23. The van der Waals surface area contributed by atoms with Gasteiger partial charge in [0.05, 0.1) is 21.6 Å². The van der Waals surface area contributed by atoms with E-state index in [4.69, 9.17) is 0 Å². The van der Waals surface area contributed by atoms with Crippen LogP contribution in [0.3, 0.4) is 0 Å². The van der Waals surface area contributed by atoms with Gasteiger partial charge in [0, 0.05) is 24.4 Å². The Balaban J connectivity index is 1.50. The van der Waals surface area contributed by atoms with Gasteiger partial charge in [-0.3, -0.25) is 24.3 Å². The number of anilines is 1. The Morgan fingerprint density at radius 1 is 1.15 bits per heavy atom. The minimum atomic E-state index is -0.491. The zero-order valence-electron chi connectivity index (χ0n) is 18.0. The summed E-state index contributed by atoms with van der Waals surface area (Å²) in [4.78, 5) is 40.6. The first-order chi connectivity index (χ1) is 16.0. The van der Waals surface area contributed by atoms with Crippen molar-refractivity contribution in [2.75, 3.05) is 11.1 Å². The second-order valence-corrected chi connectivity index (χ2v) is 8.81. The predicted molar refractivity (Wildman–Crippen MR) is 130 cm³/mol. The average Bonchev–Trinajstić information content (AvgIpc) is 2.83. The molecule has 9 heteroatoms. The van der Waals surface area contributed by atoms with Crippen LogP contribution in [-0.2, 0) is 11.3 Å². The Hall–Kier alpha value is -3.46. The molecule has 3 aromatic rings. The second kappa shape index (κ2) is 10.4. The van der Waals surface area contributed by atoms with Crippen LogP contribution in [0, 0.1) is 10.1 Å². The Bertz CT molecular complexity index is 1270. The zero-order chi connectivity index (χ0) is 23.2. The van der Waals surface area contributed by atoms with Crippen molar-refractivity contribution in [3.8, 4) is 0 Å². The molecule has 0 atom stereocenters. The molecule has 0 radical (unpaired) electrons. The molecular formula is C24H24N4O4S. The molecular weight excluding hydrogens is 440 g/mol. The lowest BCUT2D eigenvalue weighted by Gasteiger charge is -2.16. The standard InChI is InChI=1S/C24H24N4O4S/c29-22(25-18-10-12-19(13-11-18)28(31)32)16-33-24-26-21-9-5-4-8-20(21)23(30)27(24)15-14-17-6-2-1-3-7-17/h4-6,8-13H,1-3,7,14-16H2,(H,25,29). The number of nitrogens with zero attached hydrogens (tertiary/aromatic N) is 3. The number of amides is 1. The SMILES string of the molecule is O=C(CSc1nc2ccccc2c(=O)n1CCC1=CCCCC1)Nc1ccc([N+](=O)[O-])cc1. The largest absolute Gasteiger partial charge is 0.325 e. The van der Waals surface area contributed by atoms with Gasteiger partial charge in [-0.05, 0) is 56.4 Å². The molecule has 0 fully saturated rings. The molecule has 0 bridgehead atoms. The number of para-hydroxylation sites is 1. The molecule has 4 rings (SSSR count). The molecule has 33 heavy (non-hydrogen) atoms. The molecule has 0 unspecified atom stereocenters. The summed E-state index contributed by atoms with van der Waals surface area (Å²) in [6, 6.07) is 12.9. The number of carbonyl (C=O) groups is 1. The van der Waals surface area contributed by atoms with Gasteiger partial charge in [0.1, 0.15) is 0 Å². The number of allylic oxidation sites excluding steroid dienone is 2. The molecule has 1 heterocycles. The molecule has 2 aromatic carbocycles. The third-order valence-corrected chi connectivity index (χ3v) is 6.54. The number of fused-ring (bicyclic) bond motifs is 1. The fourth-order valence-corrected chi connectivity index (χ4v) is 4.66. The number of rotatable bonds is 8.